The molecule has 1 saturated heterocycles. The molecule has 1 aliphatic heterocycles. The van der Waals surface area contributed by atoms with Crippen LogP contribution in [0, 0.1) is 6.92 Å². The third-order valence-corrected chi connectivity index (χ3v) is 4.39. The van der Waals surface area contributed by atoms with Crippen LogP contribution in [0.15, 0.2) is 12.1 Å². The third kappa shape index (κ3) is 3.80. The van der Waals surface area contributed by atoms with Crippen molar-refractivity contribution in [1.29, 1.82) is 0 Å². The Kier molecular flexibility index (Phi) is 6.06. The van der Waals surface area contributed by atoms with Crippen molar-refractivity contribution in [3.8, 4) is 11.5 Å². The Morgan fingerprint density at radius 3 is 2.25 bits per heavy atom. The Morgan fingerprint density at radius 1 is 1.00 bits per heavy atom. The fraction of sp³-hybridized carbons (Fsp3) is 0.556. The molecule has 0 saturated carbocycles. The molecule has 0 radical (unpaired) electrons. The van der Waals surface area contributed by atoms with E-state index in [1.54, 1.807) is 25.2 Å². The van der Waals surface area contributed by atoms with E-state index in [1.807, 2.05) is 24.8 Å². The van der Waals surface area contributed by atoms with E-state index in [9.17, 15) is 9.59 Å². The first-order valence-corrected chi connectivity index (χ1v) is 8.31. The zero-order valence-electron chi connectivity index (χ0n) is 14.9. The first-order valence-electron chi connectivity index (χ1n) is 8.31. The van der Waals surface area contributed by atoms with Crippen LogP contribution in [-0.2, 0) is 4.79 Å². The van der Waals surface area contributed by atoms with Gasteiger partial charge in [0, 0.05) is 32.6 Å². The molecule has 1 fully saturated rings. The van der Waals surface area contributed by atoms with E-state index in [0.29, 0.717) is 49.7 Å². The number of carbonyl (C=O) groups excluding carboxylic acids is 2. The average Bonchev–Trinajstić information content (AvgIpc) is 2.86. The molecule has 6 nitrogen and oxygen atoms in total. The van der Waals surface area contributed by atoms with E-state index in [4.69, 9.17) is 9.47 Å². The Morgan fingerprint density at radius 2 is 1.62 bits per heavy atom. The summed E-state index contributed by atoms with van der Waals surface area (Å²) in [5.41, 5.74) is 1.41. The lowest BCUT2D eigenvalue weighted by Crippen LogP contribution is -2.37. The molecule has 24 heavy (non-hydrogen) atoms. The maximum atomic E-state index is 12.9. The molecule has 132 valence electrons. The molecule has 1 heterocycles. The summed E-state index contributed by atoms with van der Waals surface area (Å²) in [7, 11) is 3.14. The van der Waals surface area contributed by atoms with Crippen LogP contribution in [-0.4, -0.2) is 62.0 Å². The second kappa shape index (κ2) is 8.04. The Labute approximate surface area is 143 Å². The zero-order valence-corrected chi connectivity index (χ0v) is 14.9. The van der Waals surface area contributed by atoms with Crippen LogP contribution in [0.5, 0.6) is 11.5 Å². The Balaban J connectivity index is 2.21. The van der Waals surface area contributed by atoms with Gasteiger partial charge in [-0.25, -0.2) is 0 Å². The molecule has 0 spiro atoms. The van der Waals surface area contributed by atoms with Crippen molar-refractivity contribution in [3.05, 3.63) is 23.3 Å². The van der Waals surface area contributed by atoms with Crippen LogP contribution in [0.3, 0.4) is 0 Å². The highest BCUT2D eigenvalue weighted by molar-refractivity contribution is 5.97. The van der Waals surface area contributed by atoms with Gasteiger partial charge in [-0.3, -0.25) is 9.59 Å². The number of ether oxygens (including phenoxy) is 2. The second-order valence-corrected chi connectivity index (χ2v) is 5.90. The number of nitrogens with zero attached hydrogens (tertiary/aromatic N) is 2. The maximum absolute atomic E-state index is 12.9. The van der Waals surface area contributed by atoms with E-state index in [0.717, 1.165) is 12.0 Å². The summed E-state index contributed by atoms with van der Waals surface area (Å²) in [4.78, 5) is 28.4. The quantitative estimate of drug-likeness (QED) is 0.846. The van der Waals surface area contributed by atoms with Gasteiger partial charge in [0.15, 0.2) is 0 Å². The topological polar surface area (TPSA) is 59.1 Å². The van der Waals surface area contributed by atoms with Gasteiger partial charge in [-0.05, 0) is 31.0 Å². The Bertz CT molecular complexity index is 615. The zero-order chi connectivity index (χ0) is 17.7. The minimum absolute atomic E-state index is 0.0871. The summed E-state index contributed by atoms with van der Waals surface area (Å²) < 4.78 is 10.7. The van der Waals surface area contributed by atoms with Gasteiger partial charge in [0.1, 0.15) is 11.5 Å². The van der Waals surface area contributed by atoms with Crippen LogP contribution in [0.2, 0.25) is 0 Å². The summed E-state index contributed by atoms with van der Waals surface area (Å²) in [5.74, 6) is 1.26. The SMILES string of the molecule is CCC(=O)N1CCCN(C(=O)c2cc(OC)c(C)cc2OC)CC1. The van der Waals surface area contributed by atoms with E-state index in [2.05, 4.69) is 0 Å². The molecular formula is C18H26N2O4. The van der Waals surface area contributed by atoms with Crippen molar-refractivity contribution in [2.24, 2.45) is 0 Å². The van der Waals surface area contributed by atoms with Crippen LogP contribution in [0.1, 0.15) is 35.7 Å². The van der Waals surface area contributed by atoms with Gasteiger partial charge in [0.05, 0.1) is 19.8 Å². The van der Waals surface area contributed by atoms with Gasteiger partial charge < -0.3 is 19.3 Å². The van der Waals surface area contributed by atoms with Crippen molar-refractivity contribution in [2.45, 2.75) is 26.7 Å². The standard InChI is InChI=1S/C18H26N2O4/c1-5-17(21)19-7-6-8-20(10-9-19)18(22)14-12-15(23-3)13(2)11-16(14)24-4/h11-12H,5-10H2,1-4H3. The first-order chi connectivity index (χ1) is 11.5. The number of methoxy groups -OCH3 is 2. The number of hydrogen-bond acceptors (Lipinski definition) is 4. The van der Waals surface area contributed by atoms with Gasteiger partial charge >= 0.3 is 0 Å². The number of benzene rings is 1. The molecule has 2 rings (SSSR count). The summed E-state index contributed by atoms with van der Waals surface area (Å²) in [6, 6.07) is 3.55. The molecule has 0 atom stereocenters. The fourth-order valence-electron chi connectivity index (χ4n) is 2.98. The molecule has 1 aromatic rings. The second-order valence-electron chi connectivity index (χ2n) is 5.90. The molecule has 1 aliphatic rings. The van der Waals surface area contributed by atoms with Crippen molar-refractivity contribution in [2.75, 3.05) is 40.4 Å². The fourth-order valence-corrected chi connectivity index (χ4v) is 2.98. The minimum Gasteiger partial charge on any atom is -0.496 e. The lowest BCUT2D eigenvalue weighted by Gasteiger charge is -2.23. The molecule has 0 unspecified atom stereocenters. The van der Waals surface area contributed by atoms with Gasteiger partial charge in [0.2, 0.25) is 5.91 Å². The molecular weight excluding hydrogens is 308 g/mol. The highest BCUT2D eigenvalue weighted by atomic mass is 16.5. The third-order valence-electron chi connectivity index (χ3n) is 4.39. The maximum Gasteiger partial charge on any atom is 0.257 e. The molecule has 0 aromatic heterocycles. The Hall–Kier alpha value is -2.24. The van der Waals surface area contributed by atoms with Crippen molar-refractivity contribution < 1.29 is 19.1 Å². The number of amides is 2. The van der Waals surface area contributed by atoms with Crippen LogP contribution in [0.4, 0.5) is 0 Å². The molecule has 2 amide bonds. The summed E-state index contributed by atoms with van der Waals surface area (Å²) in [6.45, 7) is 6.21. The lowest BCUT2D eigenvalue weighted by molar-refractivity contribution is -0.130. The smallest absolute Gasteiger partial charge is 0.257 e. The van der Waals surface area contributed by atoms with Gasteiger partial charge in [-0.15, -0.1) is 0 Å². The van der Waals surface area contributed by atoms with E-state index < -0.39 is 0 Å². The van der Waals surface area contributed by atoms with Gasteiger partial charge in [0.25, 0.3) is 5.91 Å². The highest BCUT2D eigenvalue weighted by Crippen LogP contribution is 2.29. The number of aryl methyl sites for hydroxylation is 1. The molecule has 1 aromatic carbocycles. The monoisotopic (exact) mass is 334 g/mol. The molecule has 0 N–H and O–H groups in total. The number of carbonyl (C=O) groups is 2. The van der Waals surface area contributed by atoms with Crippen LogP contribution in [0.25, 0.3) is 0 Å². The van der Waals surface area contributed by atoms with E-state index in [-0.39, 0.29) is 11.8 Å². The number of hydrogen-bond donors (Lipinski definition) is 0. The number of rotatable bonds is 4. The van der Waals surface area contributed by atoms with E-state index >= 15 is 0 Å². The van der Waals surface area contributed by atoms with Gasteiger partial charge in [-0.1, -0.05) is 6.92 Å². The van der Waals surface area contributed by atoms with Crippen LogP contribution < -0.4 is 9.47 Å². The minimum atomic E-state index is -0.0871. The summed E-state index contributed by atoms with van der Waals surface area (Å²) in [5, 5.41) is 0. The average molecular weight is 334 g/mol. The van der Waals surface area contributed by atoms with E-state index in [1.165, 1.54) is 0 Å². The van der Waals surface area contributed by atoms with Crippen LogP contribution >= 0.6 is 0 Å². The van der Waals surface area contributed by atoms with Crippen molar-refractivity contribution in [1.82, 2.24) is 9.80 Å². The molecule has 6 heteroatoms. The largest absolute Gasteiger partial charge is 0.496 e. The summed E-state index contributed by atoms with van der Waals surface area (Å²) in [6.07, 6.45) is 1.28. The highest BCUT2D eigenvalue weighted by Gasteiger charge is 2.25. The predicted octanol–water partition coefficient (Wildman–Crippen LogP) is 2.10. The molecule has 0 aliphatic carbocycles. The van der Waals surface area contributed by atoms with Gasteiger partial charge in [-0.2, -0.15) is 0 Å². The molecule has 0 bridgehead atoms. The lowest BCUT2D eigenvalue weighted by atomic mass is 10.1. The predicted molar refractivity (Wildman–Crippen MR) is 91.7 cm³/mol. The summed E-state index contributed by atoms with van der Waals surface area (Å²) >= 11 is 0. The van der Waals surface area contributed by atoms with Crippen molar-refractivity contribution >= 4 is 11.8 Å². The van der Waals surface area contributed by atoms with Crippen molar-refractivity contribution in [3.63, 3.8) is 0 Å². The normalized spacial score (nSPS) is 15.0. The first kappa shape index (κ1) is 18.1.